The molecule has 1 aliphatic rings. The summed E-state index contributed by atoms with van der Waals surface area (Å²) in [5.41, 5.74) is 1.15. The highest BCUT2D eigenvalue weighted by atomic mass is 15.1. The molecule has 2 N–H and O–H groups in total. The fourth-order valence-electron chi connectivity index (χ4n) is 2.18. The molecule has 0 saturated carbocycles. The van der Waals surface area contributed by atoms with Crippen LogP contribution in [0.25, 0.3) is 0 Å². The van der Waals surface area contributed by atoms with E-state index in [4.69, 9.17) is 0 Å². The average Bonchev–Trinajstić information content (AvgIpc) is 2.29. The van der Waals surface area contributed by atoms with Crippen LogP contribution < -0.4 is 10.6 Å². The van der Waals surface area contributed by atoms with Crippen molar-refractivity contribution >= 4 is 11.5 Å². The highest BCUT2D eigenvalue weighted by molar-refractivity contribution is 5.52. The van der Waals surface area contributed by atoms with E-state index >= 15 is 0 Å². The van der Waals surface area contributed by atoms with E-state index in [1.54, 1.807) is 0 Å². The number of likely N-dealkylation sites (tertiary alicyclic amines) is 1. The summed E-state index contributed by atoms with van der Waals surface area (Å²) in [7, 11) is 4.07. The van der Waals surface area contributed by atoms with Crippen LogP contribution in [-0.2, 0) is 0 Å². The molecule has 0 bridgehead atoms. The van der Waals surface area contributed by atoms with Gasteiger partial charge in [0.25, 0.3) is 0 Å². The van der Waals surface area contributed by atoms with Gasteiger partial charge in [-0.2, -0.15) is 0 Å². The zero-order valence-corrected chi connectivity index (χ0v) is 10.0. The summed E-state index contributed by atoms with van der Waals surface area (Å²) in [5, 5.41) is 6.62. The van der Waals surface area contributed by atoms with Crippen LogP contribution in [0, 0.1) is 0 Å². The molecular weight excluding hydrogens is 200 g/mol. The monoisotopic (exact) mass is 220 g/mol. The van der Waals surface area contributed by atoms with Gasteiger partial charge in [0.15, 0.2) is 0 Å². The van der Waals surface area contributed by atoms with Crippen molar-refractivity contribution < 1.29 is 0 Å². The van der Waals surface area contributed by atoms with Crippen molar-refractivity contribution in [1.29, 1.82) is 0 Å². The quantitative estimate of drug-likeness (QED) is 0.812. The van der Waals surface area contributed by atoms with Gasteiger partial charge >= 0.3 is 0 Å². The minimum Gasteiger partial charge on any atom is -0.381 e. The Kier molecular flexibility index (Phi) is 3.62. The summed E-state index contributed by atoms with van der Waals surface area (Å²) < 4.78 is 0. The fourth-order valence-corrected chi connectivity index (χ4v) is 2.18. The van der Waals surface area contributed by atoms with Gasteiger partial charge in [0, 0.05) is 37.6 Å². The first kappa shape index (κ1) is 11.2. The van der Waals surface area contributed by atoms with Crippen LogP contribution in [0.4, 0.5) is 11.5 Å². The predicted molar refractivity (Wildman–Crippen MR) is 67.9 cm³/mol. The molecule has 1 aromatic heterocycles. The van der Waals surface area contributed by atoms with Crippen LogP contribution in [0.1, 0.15) is 12.8 Å². The number of hydrogen-bond donors (Lipinski definition) is 2. The zero-order chi connectivity index (χ0) is 11.4. The summed E-state index contributed by atoms with van der Waals surface area (Å²) in [4.78, 5) is 6.58. The van der Waals surface area contributed by atoms with Crippen LogP contribution in [0.5, 0.6) is 0 Å². The van der Waals surface area contributed by atoms with Gasteiger partial charge in [-0.25, -0.2) is 4.98 Å². The number of rotatable bonds is 3. The normalized spacial score (nSPS) is 21.8. The average molecular weight is 220 g/mol. The Balaban J connectivity index is 1.97. The molecule has 1 aromatic rings. The number of likely N-dealkylation sites (N-methyl/N-ethyl adjacent to an activating group) is 1. The van der Waals surface area contributed by atoms with Crippen molar-refractivity contribution in [3.05, 3.63) is 18.3 Å². The third kappa shape index (κ3) is 2.85. The van der Waals surface area contributed by atoms with Crippen molar-refractivity contribution in [1.82, 2.24) is 9.88 Å². The summed E-state index contributed by atoms with van der Waals surface area (Å²) in [6.07, 6.45) is 4.36. The molecule has 0 aliphatic carbocycles. The van der Waals surface area contributed by atoms with Crippen LogP contribution in [0.15, 0.2) is 18.3 Å². The van der Waals surface area contributed by atoms with Crippen LogP contribution >= 0.6 is 0 Å². The van der Waals surface area contributed by atoms with E-state index in [1.165, 1.54) is 19.4 Å². The number of piperidine rings is 1. The predicted octanol–water partition coefficient (Wildman–Crippen LogP) is 1.63. The standard InChI is InChI=1S/C12H20N4/c1-13-12-8-10(5-6-14-12)15-11-4-3-7-16(2)9-11/h5-6,8,11H,3-4,7,9H2,1-2H3,(H2,13,14,15). The minimum absolute atomic E-state index is 0.561. The lowest BCUT2D eigenvalue weighted by Crippen LogP contribution is -2.39. The van der Waals surface area contributed by atoms with Gasteiger partial charge in [0.2, 0.25) is 0 Å². The molecule has 1 saturated heterocycles. The van der Waals surface area contributed by atoms with Gasteiger partial charge in [-0.15, -0.1) is 0 Å². The van der Waals surface area contributed by atoms with Crippen molar-refractivity contribution in [3.63, 3.8) is 0 Å². The lowest BCUT2D eigenvalue weighted by Gasteiger charge is -2.30. The maximum absolute atomic E-state index is 4.20. The Morgan fingerprint density at radius 2 is 2.38 bits per heavy atom. The molecule has 1 fully saturated rings. The van der Waals surface area contributed by atoms with Gasteiger partial charge in [-0.1, -0.05) is 0 Å². The highest BCUT2D eigenvalue weighted by Gasteiger charge is 2.16. The van der Waals surface area contributed by atoms with E-state index in [9.17, 15) is 0 Å². The largest absolute Gasteiger partial charge is 0.381 e. The lowest BCUT2D eigenvalue weighted by molar-refractivity contribution is 0.261. The Labute approximate surface area is 97.1 Å². The molecular formula is C12H20N4. The van der Waals surface area contributed by atoms with E-state index in [1.807, 2.05) is 19.3 Å². The number of nitrogens with one attached hydrogen (secondary N) is 2. The summed E-state index contributed by atoms with van der Waals surface area (Å²) in [6.45, 7) is 2.34. The Morgan fingerprint density at radius 3 is 3.12 bits per heavy atom. The van der Waals surface area contributed by atoms with E-state index in [2.05, 4.69) is 33.6 Å². The number of pyridine rings is 1. The van der Waals surface area contributed by atoms with E-state index in [0.29, 0.717) is 6.04 Å². The highest BCUT2D eigenvalue weighted by Crippen LogP contribution is 2.16. The van der Waals surface area contributed by atoms with Crippen molar-refractivity contribution in [2.24, 2.45) is 0 Å². The number of nitrogens with zero attached hydrogens (tertiary/aromatic N) is 2. The molecule has 16 heavy (non-hydrogen) atoms. The molecule has 88 valence electrons. The molecule has 1 unspecified atom stereocenters. The second-order valence-electron chi connectivity index (χ2n) is 4.43. The molecule has 1 aliphatic heterocycles. The van der Waals surface area contributed by atoms with Crippen molar-refractivity contribution in [3.8, 4) is 0 Å². The van der Waals surface area contributed by atoms with E-state index in [0.717, 1.165) is 18.1 Å². The molecule has 0 aromatic carbocycles. The second-order valence-corrected chi connectivity index (χ2v) is 4.43. The smallest absolute Gasteiger partial charge is 0.127 e. The first-order valence-electron chi connectivity index (χ1n) is 5.87. The van der Waals surface area contributed by atoms with Gasteiger partial charge in [0.1, 0.15) is 5.82 Å². The number of hydrogen-bond acceptors (Lipinski definition) is 4. The summed E-state index contributed by atoms with van der Waals surface area (Å²) in [5.74, 6) is 0.911. The molecule has 2 rings (SSSR count). The molecule has 0 amide bonds. The van der Waals surface area contributed by atoms with Gasteiger partial charge in [0.05, 0.1) is 0 Å². The van der Waals surface area contributed by atoms with E-state index < -0.39 is 0 Å². The molecule has 4 nitrogen and oxygen atoms in total. The summed E-state index contributed by atoms with van der Waals surface area (Å²) >= 11 is 0. The van der Waals surface area contributed by atoms with Crippen LogP contribution in [0.2, 0.25) is 0 Å². The zero-order valence-electron chi connectivity index (χ0n) is 10.0. The lowest BCUT2D eigenvalue weighted by atomic mass is 10.1. The maximum atomic E-state index is 4.20. The van der Waals surface area contributed by atoms with Gasteiger partial charge < -0.3 is 15.5 Å². The van der Waals surface area contributed by atoms with Gasteiger partial charge in [-0.3, -0.25) is 0 Å². The van der Waals surface area contributed by atoms with Crippen LogP contribution in [-0.4, -0.2) is 43.1 Å². The third-order valence-corrected chi connectivity index (χ3v) is 3.01. The first-order chi connectivity index (χ1) is 7.78. The Hall–Kier alpha value is -1.29. The SMILES string of the molecule is CNc1cc(NC2CCCN(C)C2)ccn1. The molecule has 1 atom stereocenters. The number of aromatic nitrogens is 1. The first-order valence-corrected chi connectivity index (χ1v) is 5.87. The van der Waals surface area contributed by atoms with Crippen molar-refractivity contribution in [2.45, 2.75) is 18.9 Å². The van der Waals surface area contributed by atoms with Crippen LogP contribution in [0.3, 0.4) is 0 Å². The fraction of sp³-hybridized carbons (Fsp3) is 0.583. The third-order valence-electron chi connectivity index (χ3n) is 3.01. The second kappa shape index (κ2) is 5.16. The molecule has 0 spiro atoms. The van der Waals surface area contributed by atoms with Crippen molar-refractivity contribution in [2.75, 3.05) is 37.8 Å². The molecule has 2 heterocycles. The Bertz CT molecular complexity index is 340. The topological polar surface area (TPSA) is 40.2 Å². The molecule has 0 radical (unpaired) electrons. The Morgan fingerprint density at radius 1 is 1.50 bits per heavy atom. The molecule has 4 heteroatoms. The van der Waals surface area contributed by atoms with E-state index in [-0.39, 0.29) is 0 Å². The number of anilines is 2. The maximum Gasteiger partial charge on any atom is 0.127 e. The minimum atomic E-state index is 0.561. The van der Waals surface area contributed by atoms with Gasteiger partial charge in [-0.05, 0) is 32.5 Å². The summed E-state index contributed by atoms with van der Waals surface area (Å²) in [6, 6.07) is 4.63.